The molecule has 0 aromatic heterocycles. The summed E-state index contributed by atoms with van der Waals surface area (Å²) >= 11 is 0. The maximum absolute atomic E-state index is 5.82. The minimum Gasteiger partial charge on any atom is -0.399 e. The minimum absolute atomic E-state index is 0.817. The number of nitrogen functional groups attached to an aromatic ring is 1. The molecule has 0 amide bonds. The fraction of sp³-hybridized carbons (Fsp3) is 0.400. The van der Waals surface area contributed by atoms with E-state index in [-0.39, 0.29) is 0 Å². The van der Waals surface area contributed by atoms with Crippen LogP contribution in [0.15, 0.2) is 36.4 Å². The molecule has 0 aliphatic heterocycles. The summed E-state index contributed by atoms with van der Waals surface area (Å²) in [5.41, 5.74) is 13.6. The van der Waals surface area contributed by atoms with Gasteiger partial charge in [0.1, 0.15) is 0 Å². The Morgan fingerprint density at radius 2 is 1.36 bits per heavy atom. The van der Waals surface area contributed by atoms with E-state index in [0.717, 1.165) is 31.6 Å². The van der Waals surface area contributed by atoms with Crippen molar-refractivity contribution in [1.82, 2.24) is 0 Å². The molecule has 0 atom stereocenters. The van der Waals surface area contributed by atoms with Crippen LogP contribution in [0.2, 0.25) is 0 Å². The van der Waals surface area contributed by atoms with Gasteiger partial charge < -0.3 is 10.6 Å². The molecule has 2 nitrogen and oxygen atoms in total. The first kappa shape index (κ1) is 16.4. The molecule has 0 aliphatic carbocycles. The maximum Gasteiger partial charge on any atom is 0.0401 e. The van der Waals surface area contributed by atoms with Crippen LogP contribution in [-0.2, 0) is 12.8 Å². The van der Waals surface area contributed by atoms with Crippen LogP contribution < -0.4 is 10.6 Å². The summed E-state index contributed by atoms with van der Waals surface area (Å²) in [5, 5.41) is 0. The van der Waals surface area contributed by atoms with E-state index in [4.69, 9.17) is 5.73 Å². The molecule has 2 aromatic carbocycles. The van der Waals surface area contributed by atoms with Gasteiger partial charge in [-0.3, -0.25) is 0 Å². The van der Waals surface area contributed by atoms with Crippen LogP contribution in [0.3, 0.4) is 0 Å². The topological polar surface area (TPSA) is 29.3 Å². The molecule has 0 radical (unpaired) electrons. The molecular formula is C20H28N2. The van der Waals surface area contributed by atoms with Crippen molar-refractivity contribution in [3.05, 3.63) is 47.5 Å². The average Bonchev–Trinajstić information content (AvgIpc) is 2.56. The first-order valence-electron chi connectivity index (χ1n) is 8.41. The van der Waals surface area contributed by atoms with Crippen molar-refractivity contribution in [1.29, 1.82) is 0 Å². The van der Waals surface area contributed by atoms with Crippen molar-refractivity contribution >= 4 is 11.4 Å². The van der Waals surface area contributed by atoms with Gasteiger partial charge in [-0.1, -0.05) is 32.0 Å². The van der Waals surface area contributed by atoms with E-state index in [1.165, 1.54) is 27.9 Å². The lowest BCUT2D eigenvalue weighted by atomic mass is 9.91. The molecule has 22 heavy (non-hydrogen) atoms. The Morgan fingerprint density at radius 1 is 0.773 bits per heavy atom. The summed E-state index contributed by atoms with van der Waals surface area (Å²) < 4.78 is 0. The number of benzene rings is 2. The SMILES string of the molecule is CCc1c(-c2ccc(N)cc2)ccc(N(CC)CC)c1CC. The van der Waals surface area contributed by atoms with Gasteiger partial charge in [0.05, 0.1) is 0 Å². The van der Waals surface area contributed by atoms with E-state index in [0.29, 0.717) is 0 Å². The lowest BCUT2D eigenvalue weighted by molar-refractivity contribution is 0.851. The Bertz CT molecular complexity index is 610. The Labute approximate surface area is 135 Å². The van der Waals surface area contributed by atoms with Crippen LogP contribution in [-0.4, -0.2) is 13.1 Å². The summed E-state index contributed by atoms with van der Waals surface area (Å²) in [5.74, 6) is 0. The zero-order valence-corrected chi connectivity index (χ0v) is 14.3. The molecule has 2 heteroatoms. The number of nitrogens with zero attached hydrogens (tertiary/aromatic N) is 1. The Hall–Kier alpha value is -1.96. The largest absolute Gasteiger partial charge is 0.399 e. The van der Waals surface area contributed by atoms with Gasteiger partial charge in [-0.15, -0.1) is 0 Å². The van der Waals surface area contributed by atoms with Crippen molar-refractivity contribution in [3.8, 4) is 11.1 Å². The molecule has 0 bridgehead atoms. The molecule has 0 unspecified atom stereocenters. The minimum atomic E-state index is 0.817. The Balaban J connectivity index is 2.60. The summed E-state index contributed by atoms with van der Waals surface area (Å²) in [7, 11) is 0. The highest BCUT2D eigenvalue weighted by atomic mass is 15.1. The van der Waals surface area contributed by atoms with Gasteiger partial charge in [-0.05, 0) is 67.1 Å². The third-order valence-electron chi connectivity index (χ3n) is 4.44. The predicted octanol–water partition coefficient (Wildman–Crippen LogP) is 4.91. The van der Waals surface area contributed by atoms with Gasteiger partial charge >= 0.3 is 0 Å². The fourth-order valence-electron chi connectivity index (χ4n) is 3.27. The smallest absolute Gasteiger partial charge is 0.0401 e. The molecule has 0 spiro atoms. The van der Waals surface area contributed by atoms with Crippen LogP contribution >= 0.6 is 0 Å². The van der Waals surface area contributed by atoms with Gasteiger partial charge in [0.2, 0.25) is 0 Å². The summed E-state index contributed by atoms with van der Waals surface area (Å²) in [6, 6.07) is 12.8. The summed E-state index contributed by atoms with van der Waals surface area (Å²) in [4.78, 5) is 2.45. The monoisotopic (exact) mass is 296 g/mol. The van der Waals surface area contributed by atoms with Crippen molar-refractivity contribution in [2.45, 2.75) is 40.5 Å². The van der Waals surface area contributed by atoms with Gasteiger partial charge in [-0.25, -0.2) is 0 Å². The van der Waals surface area contributed by atoms with E-state index >= 15 is 0 Å². The number of hydrogen-bond acceptors (Lipinski definition) is 2. The molecular weight excluding hydrogens is 268 g/mol. The maximum atomic E-state index is 5.82. The first-order chi connectivity index (χ1) is 10.7. The fourth-order valence-corrected chi connectivity index (χ4v) is 3.27. The van der Waals surface area contributed by atoms with E-state index in [1.54, 1.807) is 0 Å². The van der Waals surface area contributed by atoms with E-state index in [1.807, 2.05) is 12.1 Å². The van der Waals surface area contributed by atoms with Gasteiger partial charge in [0.25, 0.3) is 0 Å². The highest BCUT2D eigenvalue weighted by Gasteiger charge is 2.15. The number of nitrogens with two attached hydrogens (primary N) is 1. The standard InChI is InChI=1S/C20H28N2/c1-5-17-18(6-2)20(22(7-3)8-4)14-13-19(17)15-9-11-16(21)12-10-15/h9-14H,5-8,21H2,1-4H3. The zero-order chi connectivity index (χ0) is 16.1. The van der Waals surface area contributed by atoms with E-state index in [9.17, 15) is 0 Å². The predicted molar refractivity (Wildman–Crippen MR) is 98.6 cm³/mol. The second kappa shape index (κ2) is 7.35. The Morgan fingerprint density at radius 3 is 1.86 bits per heavy atom. The van der Waals surface area contributed by atoms with Crippen LogP contribution in [0.5, 0.6) is 0 Å². The molecule has 118 valence electrons. The summed E-state index contributed by atoms with van der Waals surface area (Å²) in [6.45, 7) is 11.1. The molecule has 0 saturated heterocycles. The number of hydrogen-bond donors (Lipinski definition) is 1. The van der Waals surface area contributed by atoms with E-state index < -0.39 is 0 Å². The first-order valence-corrected chi connectivity index (χ1v) is 8.41. The molecule has 0 heterocycles. The second-order valence-electron chi connectivity index (χ2n) is 5.59. The lowest BCUT2D eigenvalue weighted by Gasteiger charge is -2.27. The van der Waals surface area contributed by atoms with Crippen LogP contribution in [0.25, 0.3) is 11.1 Å². The molecule has 2 N–H and O–H groups in total. The lowest BCUT2D eigenvalue weighted by Crippen LogP contribution is -2.23. The van der Waals surface area contributed by atoms with E-state index in [2.05, 4.69) is 56.9 Å². The van der Waals surface area contributed by atoms with Gasteiger partial charge in [0, 0.05) is 24.5 Å². The Kier molecular flexibility index (Phi) is 5.48. The van der Waals surface area contributed by atoms with Crippen molar-refractivity contribution in [2.75, 3.05) is 23.7 Å². The third-order valence-corrected chi connectivity index (χ3v) is 4.44. The average molecular weight is 296 g/mol. The normalized spacial score (nSPS) is 10.7. The van der Waals surface area contributed by atoms with Gasteiger partial charge in [0.15, 0.2) is 0 Å². The highest BCUT2D eigenvalue weighted by Crippen LogP contribution is 2.34. The molecule has 0 fully saturated rings. The highest BCUT2D eigenvalue weighted by molar-refractivity contribution is 5.75. The summed E-state index contributed by atoms with van der Waals surface area (Å²) in [6.07, 6.45) is 2.12. The van der Waals surface area contributed by atoms with Crippen LogP contribution in [0.1, 0.15) is 38.8 Å². The number of anilines is 2. The second-order valence-corrected chi connectivity index (χ2v) is 5.59. The quantitative estimate of drug-likeness (QED) is 0.768. The van der Waals surface area contributed by atoms with Gasteiger partial charge in [-0.2, -0.15) is 0 Å². The third kappa shape index (κ3) is 3.11. The molecule has 0 saturated carbocycles. The van der Waals surface area contributed by atoms with Crippen LogP contribution in [0.4, 0.5) is 11.4 Å². The van der Waals surface area contributed by atoms with Crippen LogP contribution in [0, 0.1) is 0 Å². The molecule has 0 aliphatic rings. The number of rotatable bonds is 6. The molecule has 2 rings (SSSR count). The van der Waals surface area contributed by atoms with Crippen molar-refractivity contribution < 1.29 is 0 Å². The zero-order valence-electron chi connectivity index (χ0n) is 14.3. The van der Waals surface area contributed by atoms with Crippen molar-refractivity contribution in [3.63, 3.8) is 0 Å². The molecule has 2 aromatic rings. The van der Waals surface area contributed by atoms with Crippen molar-refractivity contribution in [2.24, 2.45) is 0 Å².